The minimum atomic E-state index is 0.506. The molecular formula is C18H22N6. The van der Waals surface area contributed by atoms with Gasteiger partial charge in [-0.05, 0) is 43.5 Å². The number of hydrogen-bond acceptors (Lipinski definition) is 6. The fourth-order valence-electron chi connectivity index (χ4n) is 2.81. The van der Waals surface area contributed by atoms with Crippen LogP contribution in [0.4, 0.5) is 5.82 Å². The van der Waals surface area contributed by atoms with Crippen molar-refractivity contribution >= 4 is 16.7 Å². The number of nitrogens with zero attached hydrogens (tertiary/aromatic N) is 4. The third kappa shape index (κ3) is 3.65. The highest BCUT2D eigenvalue weighted by Crippen LogP contribution is 2.26. The van der Waals surface area contributed by atoms with Gasteiger partial charge in [-0.3, -0.25) is 9.97 Å². The summed E-state index contributed by atoms with van der Waals surface area (Å²) in [4.78, 5) is 17.5. The zero-order valence-corrected chi connectivity index (χ0v) is 13.7. The van der Waals surface area contributed by atoms with Gasteiger partial charge in [0, 0.05) is 29.5 Å². The van der Waals surface area contributed by atoms with Gasteiger partial charge >= 0.3 is 0 Å². The van der Waals surface area contributed by atoms with Gasteiger partial charge in [0.2, 0.25) is 0 Å². The van der Waals surface area contributed by atoms with Crippen molar-refractivity contribution in [3.05, 3.63) is 42.5 Å². The van der Waals surface area contributed by atoms with E-state index in [1.807, 2.05) is 18.3 Å². The van der Waals surface area contributed by atoms with E-state index >= 15 is 0 Å². The van der Waals surface area contributed by atoms with Gasteiger partial charge in [-0.2, -0.15) is 0 Å². The topological polar surface area (TPSA) is 104 Å². The number of rotatable bonds is 7. The van der Waals surface area contributed by atoms with E-state index in [0.29, 0.717) is 11.6 Å². The Kier molecular flexibility index (Phi) is 5.28. The van der Waals surface area contributed by atoms with Crippen molar-refractivity contribution in [2.24, 2.45) is 5.73 Å². The van der Waals surface area contributed by atoms with E-state index in [1.165, 1.54) is 0 Å². The van der Waals surface area contributed by atoms with Crippen LogP contribution in [-0.2, 0) is 6.42 Å². The molecule has 0 aliphatic carbocycles. The van der Waals surface area contributed by atoms with E-state index in [0.717, 1.165) is 60.7 Å². The fraction of sp³-hybridized carbons (Fsp3) is 0.333. The first-order valence-electron chi connectivity index (χ1n) is 8.30. The second-order valence-corrected chi connectivity index (χ2v) is 5.81. The third-order valence-corrected chi connectivity index (χ3v) is 4.05. The minimum Gasteiger partial charge on any atom is -0.383 e. The Balaban J connectivity index is 1.87. The van der Waals surface area contributed by atoms with Crippen molar-refractivity contribution in [1.82, 2.24) is 19.9 Å². The van der Waals surface area contributed by atoms with Crippen LogP contribution in [0.25, 0.3) is 22.3 Å². The van der Waals surface area contributed by atoms with Crippen molar-refractivity contribution in [2.45, 2.75) is 32.1 Å². The maximum atomic E-state index is 6.24. The molecule has 0 saturated carbocycles. The Hall–Kier alpha value is -2.60. The Bertz CT molecular complexity index is 803. The molecule has 0 aliphatic heterocycles. The molecule has 0 amide bonds. The molecule has 0 aliphatic rings. The van der Waals surface area contributed by atoms with Crippen molar-refractivity contribution in [1.29, 1.82) is 0 Å². The molecule has 0 spiro atoms. The number of unbranched alkanes of at least 4 members (excludes halogenated alkanes) is 3. The van der Waals surface area contributed by atoms with Crippen molar-refractivity contribution in [2.75, 3.05) is 12.3 Å². The molecule has 3 heterocycles. The van der Waals surface area contributed by atoms with Crippen LogP contribution >= 0.6 is 0 Å². The largest absolute Gasteiger partial charge is 0.383 e. The summed E-state index contributed by atoms with van der Waals surface area (Å²) < 4.78 is 0. The van der Waals surface area contributed by atoms with Crippen LogP contribution in [0.15, 0.2) is 36.9 Å². The number of hydrogen-bond donors (Lipinski definition) is 2. The van der Waals surface area contributed by atoms with E-state index in [4.69, 9.17) is 11.5 Å². The number of aryl methyl sites for hydroxylation is 1. The second-order valence-electron chi connectivity index (χ2n) is 5.81. The molecule has 0 radical (unpaired) electrons. The lowest BCUT2D eigenvalue weighted by atomic mass is 10.0. The maximum Gasteiger partial charge on any atom is 0.162 e. The number of aromatic nitrogens is 4. The van der Waals surface area contributed by atoms with Crippen LogP contribution in [0.5, 0.6) is 0 Å². The molecule has 0 atom stereocenters. The lowest BCUT2D eigenvalue weighted by Crippen LogP contribution is -2.02. The predicted molar refractivity (Wildman–Crippen MR) is 96.2 cm³/mol. The van der Waals surface area contributed by atoms with Gasteiger partial charge in [0.15, 0.2) is 5.82 Å². The summed E-state index contributed by atoms with van der Waals surface area (Å²) in [5.74, 6) is 1.11. The first-order valence-corrected chi connectivity index (χ1v) is 8.30. The molecule has 3 aromatic heterocycles. The number of nitrogen functional groups attached to an aromatic ring is 1. The van der Waals surface area contributed by atoms with Crippen LogP contribution in [0.1, 0.15) is 31.2 Å². The van der Waals surface area contributed by atoms with Crippen molar-refractivity contribution in [3.8, 4) is 11.4 Å². The average molecular weight is 322 g/mol. The van der Waals surface area contributed by atoms with Crippen LogP contribution < -0.4 is 11.5 Å². The van der Waals surface area contributed by atoms with Gasteiger partial charge in [0.05, 0.1) is 11.7 Å². The number of fused-ring (bicyclic) bond motifs is 1. The van der Waals surface area contributed by atoms with Crippen LogP contribution in [-0.4, -0.2) is 26.5 Å². The van der Waals surface area contributed by atoms with Gasteiger partial charge < -0.3 is 11.5 Å². The van der Waals surface area contributed by atoms with Crippen LogP contribution in [0.3, 0.4) is 0 Å². The standard InChI is InChI=1S/C18H22N6/c19-8-4-2-1-3-5-14-11-22-12-15-16(14)17(20)24-18(23-15)13-6-9-21-10-7-13/h6-7,9-12H,1-5,8,19H2,(H2,20,23,24). The Morgan fingerprint density at radius 3 is 2.46 bits per heavy atom. The summed E-state index contributed by atoms with van der Waals surface area (Å²) in [5.41, 5.74) is 14.6. The monoisotopic (exact) mass is 322 g/mol. The molecule has 24 heavy (non-hydrogen) atoms. The minimum absolute atomic E-state index is 0.506. The zero-order chi connectivity index (χ0) is 16.8. The average Bonchev–Trinajstić information content (AvgIpc) is 2.62. The Morgan fingerprint density at radius 2 is 1.67 bits per heavy atom. The van der Waals surface area contributed by atoms with Crippen molar-refractivity contribution in [3.63, 3.8) is 0 Å². The molecule has 0 saturated heterocycles. The van der Waals surface area contributed by atoms with E-state index < -0.39 is 0 Å². The van der Waals surface area contributed by atoms with Crippen LogP contribution in [0.2, 0.25) is 0 Å². The van der Waals surface area contributed by atoms with Gasteiger partial charge in [-0.25, -0.2) is 9.97 Å². The Morgan fingerprint density at radius 1 is 0.875 bits per heavy atom. The predicted octanol–water partition coefficient (Wildman–Crippen LogP) is 2.73. The molecule has 6 heteroatoms. The van der Waals surface area contributed by atoms with Gasteiger partial charge in [-0.1, -0.05) is 12.8 Å². The van der Waals surface area contributed by atoms with Gasteiger partial charge in [0.25, 0.3) is 0 Å². The SMILES string of the molecule is NCCCCCCc1cncc2nc(-c3ccncc3)nc(N)c12. The summed E-state index contributed by atoms with van der Waals surface area (Å²) in [7, 11) is 0. The van der Waals surface area contributed by atoms with Crippen molar-refractivity contribution < 1.29 is 0 Å². The molecule has 0 fully saturated rings. The van der Waals surface area contributed by atoms with E-state index in [1.54, 1.807) is 18.6 Å². The third-order valence-electron chi connectivity index (χ3n) is 4.05. The second kappa shape index (κ2) is 7.79. The summed E-state index contributed by atoms with van der Waals surface area (Å²) >= 11 is 0. The normalized spacial score (nSPS) is 11.0. The maximum absolute atomic E-state index is 6.24. The molecule has 6 nitrogen and oxygen atoms in total. The van der Waals surface area contributed by atoms with Crippen LogP contribution in [0, 0.1) is 0 Å². The van der Waals surface area contributed by atoms with E-state index in [9.17, 15) is 0 Å². The van der Waals surface area contributed by atoms with Gasteiger partial charge in [-0.15, -0.1) is 0 Å². The highest BCUT2D eigenvalue weighted by Gasteiger charge is 2.11. The van der Waals surface area contributed by atoms with Gasteiger partial charge in [0.1, 0.15) is 5.82 Å². The fourth-order valence-corrected chi connectivity index (χ4v) is 2.81. The summed E-state index contributed by atoms with van der Waals surface area (Å²) in [6, 6.07) is 3.74. The molecule has 3 aromatic rings. The molecule has 3 rings (SSSR count). The summed E-state index contributed by atoms with van der Waals surface area (Å²) in [6.45, 7) is 0.758. The Labute approximate surface area is 141 Å². The number of nitrogens with two attached hydrogens (primary N) is 2. The highest BCUT2D eigenvalue weighted by molar-refractivity contribution is 5.91. The zero-order valence-electron chi connectivity index (χ0n) is 13.7. The molecule has 4 N–H and O–H groups in total. The molecule has 0 bridgehead atoms. The summed E-state index contributed by atoms with van der Waals surface area (Å²) in [6.07, 6.45) is 12.5. The first kappa shape index (κ1) is 16.3. The van der Waals surface area contributed by atoms with E-state index in [2.05, 4.69) is 19.9 Å². The smallest absolute Gasteiger partial charge is 0.162 e. The summed E-state index contributed by atoms with van der Waals surface area (Å²) in [5, 5.41) is 0.918. The molecule has 124 valence electrons. The first-order chi connectivity index (χ1) is 11.8. The quantitative estimate of drug-likeness (QED) is 0.648. The number of pyridine rings is 2. The lowest BCUT2D eigenvalue weighted by molar-refractivity contribution is 0.647. The molecule has 0 unspecified atom stereocenters. The molecule has 0 aromatic carbocycles. The van der Waals surface area contributed by atoms with E-state index in [-0.39, 0.29) is 0 Å². The lowest BCUT2D eigenvalue weighted by Gasteiger charge is -2.09. The molecular weight excluding hydrogens is 300 g/mol. The highest BCUT2D eigenvalue weighted by atomic mass is 15.0. The number of anilines is 1.